The normalized spacial score (nSPS) is 11.6. The summed E-state index contributed by atoms with van der Waals surface area (Å²) in [5.41, 5.74) is 3.49. The quantitative estimate of drug-likeness (QED) is 0.487. The lowest BCUT2D eigenvalue weighted by atomic mass is 10.1. The molecule has 2 heterocycles. The Kier molecular flexibility index (Phi) is 6.59. The van der Waals surface area contributed by atoms with Gasteiger partial charge in [0.2, 0.25) is 0 Å². The third kappa shape index (κ3) is 5.40. The van der Waals surface area contributed by atoms with Crippen LogP contribution in [0.25, 0.3) is 5.69 Å². The van der Waals surface area contributed by atoms with Gasteiger partial charge in [-0.1, -0.05) is 12.1 Å². The standard InChI is InChI=1S/C20H26N6S/c1-15-16(2)27-19(25-15)10-13-23-20(21-3)22-12-9-17-5-7-18(8-6-17)26-14-4-11-24-26/h4-8,11,14H,9-10,12-13H2,1-3H3,(H2,21,22,23). The van der Waals surface area contributed by atoms with E-state index in [0.29, 0.717) is 0 Å². The van der Waals surface area contributed by atoms with Crippen molar-refractivity contribution in [2.24, 2.45) is 4.99 Å². The predicted octanol–water partition coefficient (Wildman–Crippen LogP) is 2.90. The fourth-order valence-electron chi connectivity index (χ4n) is 2.72. The summed E-state index contributed by atoms with van der Waals surface area (Å²) in [4.78, 5) is 10.2. The Morgan fingerprint density at radius 2 is 1.85 bits per heavy atom. The lowest BCUT2D eigenvalue weighted by Gasteiger charge is -2.11. The first kappa shape index (κ1) is 19.1. The molecule has 0 aliphatic rings. The van der Waals surface area contributed by atoms with Gasteiger partial charge in [-0.25, -0.2) is 9.67 Å². The maximum Gasteiger partial charge on any atom is 0.191 e. The summed E-state index contributed by atoms with van der Waals surface area (Å²) in [5, 5.41) is 12.1. The molecule has 0 aliphatic heterocycles. The highest BCUT2D eigenvalue weighted by molar-refractivity contribution is 7.11. The zero-order valence-electron chi connectivity index (χ0n) is 16.1. The van der Waals surface area contributed by atoms with Crippen LogP contribution in [0.1, 0.15) is 21.1 Å². The van der Waals surface area contributed by atoms with E-state index in [-0.39, 0.29) is 0 Å². The van der Waals surface area contributed by atoms with Crippen molar-refractivity contribution in [3.63, 3.8) is 0 Å². The third-order valence-electron chi connectivity index (χ3n) is 4.34. The fraction of sp³-hybridized carbons (Fsp3) is 0.350. The molecule has 0 radical (unpaired) electrons. The average molecular weight is 383 g/mol. The van der Waals surface area contributed by atoms with E-state index in [9.17, 15) is 0 Å². The lowest BCUT2D eigenvalue weighted by molar-refractivity contribution is 0.781. The molecule has 0 saturated heterocycles. The molecule has 0 aliphatic carbocycles. The summed E-state index contributed by atoms with van der Waals surface area (Å²) in [6.07, 6.45) is 5.58. The average Bonchev–Trinajstić information content (AvgIpc) is 3.31. The Bertz CT molecular complexity index is 845. The minimum Gasteiger partial charge on any atom is -0.356 e. The highest BCUT2D eigenvalue weighted by Crippen LogP contribution is 2.16. The molecule has 2 aromatic heterocycles. The fourth-order valence-corrected chi connectivity index (χ4v) is 3.65. The van der Waals surface area contributed by atoms with E-state index >= 15 is 0 Å². The Balaban J connectivity index is 1.40. The van der Waals surface area contributed by atoms with Crippen molar-refractivity contribution in [1.82, 2.24) is 25.4 Å². The number of thiazole rings is 1. The molecule has 1 aromatic carbocycles. The topological polar surface area (TPSA) is 67.1 Å². The second-order valence-electron chi connectivity index (χ2n) is 6.29. The van der Waals surface area contributed by atoms with Gasteiger partial charge < -0.3 is 10.6 Å². The summed E-state index contributed by atoms with van der Waals surface area (Å²) in [5.74, 6) is 0.827. The minimum absolute atomic E-state index is 0.824. The molecular weight excluding hydrogens is 356 g/mol. The van der Waals surface area contributed by atoms with Crippen LogP contribution in [0.15, 0.2) is 47.7 Å². The van der Waals surface area contributed by atoms with Crippen LogP contribution < -0.4 is 10.6 Å². The van der Waals surface area contributed by atoms with Crippen molar-refractivity contribution in [2.45, 2.75) is 26.7 Å². The zero-order chi connectivity index (χ0) is 19.1. The van der Waals surface area contributed by atoms with Crippen molar-refractivity contribution in [1.29, 1.82) is 0 Å². The predicted molar refractivity (Wildman–Crippen MR) is 112 cm³/mol. The van der Waals surface area contributed by atoms with Gasteiger partial charge in [-0.3, -0.25) is 4.99 Å². The van der Waals surface area contributed by atoms with Crippen LogP contribution in [0, 0.1) is 13.8 Å². The smallest absolute Gasteiger partial charge is 0.191 e. The van der Waals surface area contributed by atoms with Crippen LogP contribution in [0.4, 0.5) is 0 Å². The SMILES string of the molecule is CN=C(NCCc1ccc(-n2cccn2)cc1)NCCc1nc(C)c(C)s1. The number of aliphatic imine (C=N–C) groups is 1. The van der Waals surface area contributed by atoms with E-state index in [1.54, 1.807) is 24.6 Å². The molecule has 142 valence electrons. The van der Waals surface area contributed by atoms with Gasteiger partial charge in [-0.05, 0) is 44.0 Å². The van der Waals surface area contributed by atoms with E-state index in [0.717, 1.165) is 43.3 Å². The van der Waals surface area contributed by atoms with E-state index in [1.807, 2.05) is 16.9 Å². The minimum atomic E-state index is 0.824. The van der Waals surface area contributed by atoms with Gasteiger partial charge in [-0.2, -0.15) is 5.10 Å². The maximum atomic E-state index is 4.57. The Morgan fingerprint density at radius 3 is 2.44 bits per heavy atom. The Hall–Kier alpha value is -2.67. The Labute approximate surface area is 164 Å². The van der Waals surface area contributed by atoms with E-state index in [2.05, 4.69) is 63.8 Å². The third-order valence-corrected chi connectivity index (χ3v) is 5.47. The number of nitrogens with one attached hydrogen (secondary N) is 2. The summed E-state index contributed by atoms with van der Waals surface area (Å²) in [6.45, 7) is 5.83. The molecule has 2 N–H and O–H groups in total. The Morgan fingerprint density at radius 1 is 1.11 bits per heavy atom. The van der Waals surface area contributed by atoms with Crippen molar-refractivity contribution in [3.05, 3.63) is 63.9 Å². The summed E-state index contributed by atoms with van der Waals surface area (Å²) >= 11 is 1.77. The highest BCUT2D eigenvalue weighted by atomic mass is 32.1. The first-order chi connectivity index (χ1) is 13.2. The molecule has 0 amide bonds. The molecule has 6 nitrogen and oxygen atoms in total. The van der Waals surface area contributed by atoms with Gasteiger partial charge in [-0.15, -0.1) is 11.3 Å². The zero-order valence-corrected chi connectivity index (χ0v) is 16.9. The number of rotatable bonds is 7. The number of hydrogen-bond acceptors (Lipinski definition) is 4. The molecule has 0 saturated carbocycles. The van der Waals surface area contributed by atoms with Crippen LogP contribution in [0.2, 0.25) is 0 Å². The molecule has 0 spiro atoms. The van der Waals surface area contributed by atoms with Gasteiger partial charge in [0, 0.05) is 43.8 Å². The highest BCUT2D eigenvalue weighted by Gasteiger charge is 2.04. The first-order valence-corrected chi connectivity index (χ1v) is 9.94. The number of guanidine groups is 1. The largest absolute Gasteiger partial charge is 0.356 e. The van der Waals surface area contributed by atoms with Crippen LogP contribution >= 0.6 is 11.3 Å². The summed E-state index contributed by atoms with van der Waals surface area (Å²) < 4.78 is 1.86. The molecule has 7 heteroatoms. The second-order valence-corrected chi connectivity index (χ2v) is 7.58. The number of aromatic nitrogens is 3. The van der Waals surface area contributed by atoms with Crippen molar-refractivity contribution in [2.75, 3.05) is 20.1 Å². The number of nitrogens with zero attached hydrogens (tertiary/aromatic N) is 4. The molecule has 3 rings (SSSR count). The van der Waals surface area contributed by atoms with Crippen molar-refractivity contribution < 1.29 is 0 Å². The van der Waals surface area contributed by atoms with Gasteiger partial charge in [0.15, 0.2) is 5.96 Å². The van der Waals surface area contributed by atoms with Crippen molar-refractivity contribution >= 4 is 17.3 Å². The lowest BCUT2D eigenvalue weighted by Crippen LogP contribution is -2.39. The molecule has 3 aromatic rings. The molecule has 0 fully saturated rings. The number of aryl methyl sites for hydroxylation is 2. The number of benzene rings is 1. The van der Waals surface area contributed by atoms with Crippen molar-refractivity contribution in [3.8, 4) is 5.69 Å². The molecule has 0 bridgehead atoms. The van der Waals surface area contributed by atoms with Gasteiger partial charge in [0.25, 0.3) is 0 Å². The second kappa shape index (κ2) is 9.32. The van der Waals surface area contributed by atoms with Crippen LogP contribution in [0.5, 0.6) is 0 Å². The molecule has 27 heavy (non-hydrogen) atoms. The number of hydrogen-bond donors (Lipinski definition) is 2. The molecular formula is C20H26N6S. The molecule has 0 atom stereocenters. The van der Waals surface area contributed by atoms with E-state index in [4.69, 9.17) is 0 Å². The summed E-state index contributed by atoms with van der Waals surface area (Å²) in [7, 11) is 1.80. The van der Waals surface area contributed by atoms with Crippen LogP contribution in [-0.4, -0.2) is 40.9 Å². The van der Waals surface area contributed by atoms with E-state index in [1.165, 1.54) is 15.4 Å². The van der Waals surface area contributed by atoms with E-state index < -0.39 is 0 Å². The summed E-state index contributed by atoms with van der Waals surface area (Å²) in [6, 6.07) is 10.4. The van der Waals surface area contributed by atoms with Crippen LogP contribution in [0.3, 0.4) is 0 Å². The first-order valence-electron chi connectivity index (χ1n) is 9.12. The molecule has 0 unspecified atom stereocenters. The van der Waals surface area contributed by atoms with Gasteiger partial charge in [0.05, 0.1) is 16.4 Å². The van der Waals surface area contributed by atoms with Gasteiger partial charge in [0.1, 0.15) is 0 Å². The maximum absolute atomic E-state index is 4.57. The van der Waals surface area contributed by atoms with Crippen LogP contribution in [-0.2, 0) is 12.8 Å². The monoisotopic (exact) mass is 382 g/mol. The van der Waals surface area contributed by atoms with Gasteiger partial charge >= 0.3 is 0 Å².